The Morgan fingerprint density at radius 1 is 0.878 bits per heavy atom. The standard InChI is InChI=1S/C29H31Cl4N3O4S/c1-3-4-15-34-29(38)27(16-20-9-6-5-7-10-20)35(18-22-23(30)11-8-12-24(22)31)28(37)19-36(41(2,39)40)21-13-14-25(32)26(33)17-21/h5-14,17,27H,3-4,15-16,18-19H2,1-2H3,(H,34,38)/t27-/m0/s1. The molecule has 0 spiro atoms. The van der Waals surface area contributed by atoms with Crippen LogP contribution in [0.4, 0.5) is 5.69 Å². The molecule has 0 fully saturated rings. The van der Waals surface area contributed by atoms with Crippen LogP contribution in [0.2, 0.25) is 20.1 Å². The fraction of sp³-hybridized carbons (Fsp3) is 0.310. The van der Waals surface area contributed by atoms with Gasteiger partial charge in [-0.05, 0) is 42.3 Å². The van der Waals surface area contributed by atoms with Gasteiger partial charge in [-0.3, -0.25) is 13.9 Å². The topological polar surface area (TPSA) is 86.8 Å². The summed E-state index contributed by atoms with van der Waals surface area (Å²) in [5, 5.41) is 3.90. The predicted molar refractivity (Wildman–Crippen MR) is 168 cm³/mol. The molecule has 12 heteroatoms. The van der Waals surface area contributed by atoms with Gasteiger partial charge in [-0.2, -0.15) is 0 Å². The van der Waals surface area contributed by atoms with Crippen LogP contribution in [-0.2, 0) is 32.6 Å². The van der Waals surface area contributed by atoms with Crippen LogP contribution in [0.25, 0.3) is 0 Å². The van der Waals surface area contributed by atoms with Crippen LogP contribution in [0, 0.1) is 0 Å². The largest absolute Gasteiger partial charge is 0.354 e. The van der Waals surface area contributed by atoms with Crippen molar-refractivity contribution in [1.29, 1.82) is 0 Å². The highest BCUT2D eigenvalue weighted by atomic mass is 35.5. The molecule has 0 aliphatic rings. The number of benzene rings is 3. The fourth-order valence-electron chi connectivity index (χ4n) is 4.17. The molecule has 0 saturated carbocycles. The minimum atomic E-state index is -3.96. The molecule has 7 nitrogen and oxygen atoms in total. The molecule has 3 aromatic carbocycles. The lowest BCUT2D eigenvalue weighted by molar-refractivity contribution is -0.140. The Balaban J connectivity index is 2.09. The minimum Gasteiger partial charge on any atom is -0.354 e. The molecular weight excluding hydrogens is 628 g/mol. The summed E-state index contributed by atoms with van der Waals surface area (Å²) in [6.07, 6.45) is 2.79. The van der Waals surface area contributed by atoms with E-state index < -0.39 is 28.5 Å². The molecule has 2 amide bonds. The minimum absolute atomic E-state index is 0.127. The van der Waals surface area contributed by atoms with Gasteiger partial charge in [0.15, 0.2) is 0 Å². The summed E-state index contributed by atoms with van der Waals surface area (Å²) in [6, 6.07) is 17.5. The number of nitrogens with one attached hydrogen (secondary N) is 1. The van der Waals surface area contributed by atoms with Crippen LogP contribution < -0.4 is 9.62 Å². The Morgan fingerprint density at radius 2 is 1.54 bits per heavy atom. The average Bonchev–Trinajstić information content (AvgIpc) is 2.92. The second-order valence-electron chi connectivity index (χ2n) is 9.44. The summed E-state index contributed by atoms with van der Waals surface area (Å²) in [5.41, 5.74) is 1.40. The number of unbranched alkanes of at least 4 members (excludes halogenated alkanes) is 1. The molecule has 0 saturated heterocycles. The van der Waals surface area contributed by atoms with Gasteiger partial charge in [0.25, 0.3) is 0 Å². The van der Waals surface area contributed by atoms with E-state index >= 15 is 0 Å². The van der Waals surface area contributed by atoms with Gasteiger partial charge in [-0.15, -0.1) is 0 Å². The van der Waals surface area contributed by atoms with Crippen LogP contribution in [0.15, 0.2) is 66.7 Å². The zero-order valence-electron chi connectivity index (χ0n) is 22.6. The highest BCUT2D eigenvalue weighted by molar-refractivity contribution is 7.92. The van der Waals surface area contributed by atoms with Gasteiger partial charge in [0.2, 0.25) is 21.8 Å². The van der Waals surface area contributed by atoms with E-state index in [0.717, 1.165) is 29.0 Å². The third kappa shape index (κ3) is 9.25. The van der Waals surface area contributed by atoms with Crippen molar-refractivity contribution in [3.63, 3.8) is 0 Å². The monoisotopic (exact) mass is 657 g/mol. The Bertz CT molecular complexity index is 1450. The van der Waals surface area contributed by atoms with Crippen molar-refractivity contribution < 1.29 is 18.0 Å². The predicted octanol–water partition coefficient (Wildman–Crippen LogP) is 6.62. The van der Waals surface area contributed by atoms with Gasteiger partial charge in [-0.25, -0.2) is 8.42 Å². The molecule has 1 atom stereocenters. The SMILES string of the molecule is CCCCNC(=O)[C@H](Cc1ccccc1)N(Cc1c(Cl)cccc1Cl)C(=O)CN(c1ccc(Cl)c(Cl)c1)S(C)(=O)=O. The van der Waals surface area contributed by atoms with Crippen LogP contribution >= 0.6 is 46.4 Å². The zero-order valence-corrected chi connectivity index (χ0v) is 26.5. The van der Waals surface area contributed by atoms with Crippen molar-refractivity contribution in [3.05, 3.63) is 97.9 Å². The van der Waals surface area contributed by atoms with Gasteiger partial charge in [-0.1, -0.05) is 96.1 Å². The van der Waals surface area contributed by atoms with E-state index in [9.17, 15) is 18.0 Å². The summed E-state index contributed by atoms with van der Waals surface area (Å²) >= 11 is 25.1. The van der Waals surface area contributed by atoms with E-state index in [1.807, 2.05) is 37.3 Å². The molecule has 3 aromatic rings. The second-order valence-corrected chi connectivity index (χ2v) is 13.0. The first-order valence-corrected chi connectivity index (χ1v) is 16.2. The molecule has 0 heterocycles. The van der Waals surface area contributed by atoms with Gasteiger partial charge in [0.05, 0.1) is 22.0 Å². The van der Waals surface area contributed by atoms with E-state index in [1.54, 1.807) is 18.2 Å². The molecule has 0 aliphatic heterocycles. The van der Waals surface area contributed by atoms with Gasteiger partial charge >= 0.3 is 0 Å². The Labute approximate surface area is 261 Å². The quantitative estimate of drug-likeness (QED) is 0.209. The Kier molecular flexibility index (Phi) is 12.2. The lowest BCUT2D eigenvalue weighted by Gasteiger charge is -2.34. The number of rotatable bonds is 13. The van der Waals surface area contributed by atoms with Gasteiger partial charge < -0.3 is 10.2 Å². The Morgan fingerprint density at radius 3 is 2.12 bits per heavy atom. The summed E-state index contributed by atoms with van der Waals surface area (Å²) in [7, 11) is -3.96. The molecule has 0 aromatic heterocycles. The normalized spacial score (nSPS) is 12.0. The maximum atomic E-state index is 14.1. The van der Waals surface area contributed by atoms with E-state index in [0.29, 0.717) is 22.2 Å². The number of anilines is 1. The van der Waals surface area contributed by atoms with Crippen molar-refractivity contribution in [1.82, 2.24) is 10.2 Å². The molecule has 0 radical (unpaired) electrons. The van der Waals surface area contributed by atoms with Crippen molar-refractivity contribution in [2.45, 2.75) is 38.8 Å². The van der Waals surface area contributed by atoms with Gasteiger partial charge in [0, 0.05) is 35.1 Å². The molecule has 220 valence electrons. The maximum Gasteiger partial charge on any atom is 0.244 e. The fourth-order valence-corrected chi connectivity index (χ4v) is 5.82. The third-order valence-corrected chi connectivity index (χ3v) is 8.95. The van der Waals surface area contributed by atoms with E-state index in [4.69, 9.17) is 46.4 Å². The average molecular weight is 659 g/mol. The van der Waals surface area contributed by atoms with E-state index in [2.05, 4.69) is 5.32 Å². The summed E-state index contributed by atoms with van der Waals surface area (Å²) in [4.78, 5) is 29.1. The molecule has 0 unspecified atom stereocenters. The summed E-state index contributed by atoms with van der Waals surface area (Å²) < 4.78 is 26.7. The highest BCUT2D eigenvalue weighted by Gasteiger charge is 2.33. The maximum absolute atomic E-state index is 14.1. The zero-order chi connectivity index (χ0) is 30.2. The molecule has 1 N–H and O–H groups in total. The lowest BCUT2D eigenvalue weighted by atomic mass is 10.0. The first kappa shape index (κ1) is 33.0. The number of halogens is 4. The first-order chi connectivity index (χ1) is 19.4. The van der Waals surface area contributed by atoms with Crippen LogP contribution in [-0.4, -0.2) is 50.5 Å². The van der Waals surface area contributed by atoms with E-state index in [1.165, 1.54) is 23.1 Å². The lowest BCUT2D eigenvalue weighted by Crippen LogP contribution is -2.53. The molecule has 0 bridgehead atoms. The summed E-state index contributed by atoms with van der Waals surface area (Å²) in [5.74, 6) is -1.01. The van der Waals surface area contributed by atoms with Crippen molar-refractivity contribution in [3.8, 4) is 0 Å². The van der Waals surface area contributed by atoms with Crippen LogP contribution in [0.5, 0.6) is 0 Å². The van der Waals surface area contributed by atoms with E-state index in [-0.39, 0.29) is 34.6 Å². The van der Waals surface area contributed by atoms with Crippen molar-refractivity contribution >= 4 is 73.9 Å². The van der Waals surface area contributed by atoms with Crippen molar-refractivity contribution in [2.24, 2.45) is 0 Å². The number of carbonyl (C=O) groups is 2. The number of hydrogen-bond acceptors (Lipinski definition) is 4. The van der Waals surface area contributed by atoms with Gasteiger partial charge in [0.1, 0.15) is 12.6 Å². The molecule has 41 heavy (non-hydrogen) atoms. The third-order valence-electron chi connectivity index (χ3n) is 6.36. The number of amides is 2. The summed E-state index contributed by atoms with van der Waals surface area (Å²) in [6.45, 7) is 1.70. The number of sulfonamides is 1. The highest BCUT2D eigenvalue weighted by Crippen LogP contribution is 2.30. The van der Waals surface area contributed by atoms with Crippen molar-refractivity contribution in [2.75, 3.05) is 23.7 Å². The number of carbonyl (C=O) groups excluding carboxylic acids is 2. The smallest absolute Gasteiger partial charge is 0.244 e. The molecule has 3 rings (SSSR count). The Hall–Kier alpha value is -2.49. The van der Waals surface area contributed by atoms with Crippen LogP contribution in [0.1, 0.15) is 30.9 Å². The number of nitrogens with zero attached hydrogens (tertiary/aromatic N) is 2. The second kappa shape index (κ2) is 15.1. The first-order valence-electron chi connectivity index (χ1n) is 12.9. The number of hydrogen-bond donors (Lipinski definition) is 1. The van der Waals surface area contributed by atoms with Crippen LogP contribution in [0.3, 0.4) is 0 Å². The molecule has 0 aliphatic carbocycles. The molecular formula is C29H31Cl4N3O4S.